The number of aliphatic hydroxyl groups is 1. The van der Waals surface area contributed by atoms with Gasteiger partial charge < -0.3 is 19.6 Å². The number of carbonyl (C=O) groups is 2. The zero-order chi connectivity index (χ0) is 26.4. The third-order valence-electron chi connectivity index (χ3n) is 9.68. The summed E-state index contributed by atoms with van der Waals surface area (Å²) in [5.41, 5.74) is 4.40. The highest BCUT2D eigenvalue weighted by Crippen LogP contribution is 2.71. The summed E-state index contributed by atoms with van der Waals surface area (Å²) in [5, 5.41) is 9.74. The first-order chi connectivity index (χ1) is 18.6. The first kappa shape index (κ1) is 25.4. The van der Waals surface area contributed by atoms with Crippen molar-refractivity contribution in [2.75, 3.05) is 6.61 Å². The first-order valence-corrected chi connectivity index (χ1v) is 14.6. The van der Waals surface area contributed by atoms with Gasteiger partial charge in [0.1, 0.15) is 11.5 Å². The second-order valence-electron chi connectivity index (χ2n) is 11.6. The maximum Gasteiger partial charge on any atom is 0.340 e. The van der Waals surface area contributed by atoms with Crippen LogP contribution in [0, 0.1) is 23.2 Å². The van der Waals surface area contributed by atoms with E-state index in [0.29, 0.717) is 6.42 Å². The van der Waals surface area contributed by atoms with E-state index in [1.54, 1.807) is 0 Å². The van der Waals surface area contributed by atoms with Crippen LogP contribution in [0.2, 0.25) is 0 Å². The average Bonchev–Trinajstić information content (AvgIpc) is 3.64. The molecular formula is C32H39NO5. The van der Waals surface area contributed by atoms with E-state index in [-0.39, 0.29) is 42.2 Å². The number of nitrogens with one attached hydrogen (secondary N) is 1. The van der Waals surface area contributed by atoms with Crippen molar-refractivity contribution in [2.24, 2.45) is 23.2 Å². The molecule has 0 radical (unpaired) electrons. The second kappa shape index (κ2) is 10.0. The molecule has 38 heavy (non-hydrogen) atoms. The van der Waals surface area contributed by atoms with Crippen LogP contribution in [-0.4, -0.2) is 28.6 Å². The number of hydrogen-bond acceptors (Lipinski definition) is 5. The number of hydrogen-bond donors (Lipinski definition) is 2. The molecule has 0 amide bonds. The number of esters is 2. The van der Waals surface area contributed by atoms with Gasteiger partial charge in [0.05, 0.1) is 11.0 Å². The summed E-state index contributed by atoms with van der Waals surface area (Å²) in [4.78, 5) is 30.6. The molecule has 2 fully saturated rings. The molecule has 2 aliphatic heterocycles. The van der Waals surface area contributed by atoms with Crippen LogP contribution in [0.3, 0.4) is 0 Å². The predicted molar refractivity (Wildman–Crippen MR) is 143 cm³/mol. The van der Waals surface area contributed by atoms with Crippen molar-refractivity contribution in [3.8, 4) is 0 Å². The van der Waals surface area contributed by atoms with E-state index in [1.165, 1.54) is 5.57 Å². The van der Waals surface area contributed by atoms with Crippen LogP contribution in [0.15, 0.2) is 64.4 Å². The summed E-state index contributed by atoms with van der Waals surface area (Å²) in [7, 11) is 0. The molecule has 4 aliphatic carbocycles. The molecule has 1 saturated heterocycles. The Hall–Kier alpha value is -2.86. The first-order valence-electron chi connectivity index (χ1n) is 14.6. The molecule has 2 N–H and O–H groups in total. The minimum Gasteiger partial charge on any atom is -0.427 e. The van der Waals surface area contributed by atoms with E-state index in [2.05, 4.69) is 37.0 Å². The highest BCUT2D eigenvalue weighted by molar-refractivity contribution is 6.00. The number of carbonyl (C=O) groups excluding carboxylic acids is 2. The summed E-state index contributed by atoms with van der Waals surface area (Å²) >= 11 is 0. The van der Waals surface area contributed by atoms with E-state index in [0.717, 1.165) is 91.6 Å². The molecule has 5 atom stereocenters. The van der Waals surface area contributed by atoms with Gasteiger partial charge in [-0.15, -0.1) is 0 Å². The predicted octanol–water partition coefficient (Wildman–Crippen LogP) is 6.38. The van der Waals surface area contributed by atoms with Crippen molar-refractivity contribution in [3.63, 3.8) is 0 Å². The number of unbranched alkanes of at least 4 members (excludes halogenated alkanes) is 2. The molecule has 7 rings (SSSR count). The fourth-order valence-electron chi connectivity index (χ4n) is 8.31. The number of allylic oxidation sites excluding steroid dienone is 5. The van der Waals surface area contributed by atoms with Crippen LogP contribution in [0.5, 0.6) is 0 Å². The summed E-state index contributed by atoms with van der Waals surface area (Å²) in [6, 6.07) is 2.09. The second-order valence-corrected chi connectivity index (χ2v) is 11.6. The van der Waals surface area contributed by atoms with Crippen LogP contribution in [-0.2, 0) is 19.1 Å². The maximum absolute atomic E-state index is 13.9. The fourth-order valence-corrected chi connectivity index (χ4v) is 8.31. The Labute approximate surface area is 224 Å². The Morgan fingerprint density at radius 2 is 1.95 bits per heavy atom. The zero-order valence-electron chi connectivity index (χ0n) is 22.6. The van der Waals surface area contributed by atoms with Gasteiger partial charge in [-0.05, 0) is 92.6 Å². The van der Waals surface area contributed by atoms with Crippen LogP contribution in [0.1, 0.15) is 89.5 Å². The summed E-state index contributed by atoms with van der Waals surface area (Å²) in [5.74, 6) is 1.45. The molecule has 1 spiro atoms. The topological polar surface area (TPSA) is 88.6 Å². The van der Waals surface area contributed by atoms with Gasteiger partial charge in [0, 0.05) is 42.0 Å². The van der Waals surface area contributed by atoms with Gasteiger partial charge in [-0.2, -0.15) is 0 Å². The van der Waals surface area contributed by atoms with Gasteiger partial charge in [0.2, 0.25) is 0 Å². The van der Waals surface area contributed by atoms with Crippen molar-refractivity contribution in [2.45, 2.75) is 84.0 Å². The fraction of sp³-hybridized carbons (Fsp3) is 0.562. The van der Waals surface area contributed by atoms with E-state index < -0.39 is 5.41 Å². The largest absolute Gasteiger partial charge is 0.427 e. The van der Waals surface area contributed by atoms with Crippen molar-refractivity contribution >= 4 is 11.9 Å². The lowest BCUT2D eigenvalue weighted by atomic mass is 9.43. The van der Waals surface area contributed by atoms with E-state index in [4.69, 9.17) is 9.47 Å². The molecule has 1 aromatic heterocycles. The minimum absolute atomic E-state index is 0.0398. The Kier molecular flexibility index (Phi) is 6.71. The highest BCUT2D eigenvalue weighted by Gasteiger charge is 2.68. The number of aromatic amines is 1. The smallest absolute Gasteiger partial charge is 0.340 e. The molecule has 6 aliphatic rings. The van der Waals surface area contributed by atoms with E-state index in [1.807, 2.05) is 12.4 Å². The minimum atomic E-state index is -0.616. The molecule has 6 heteroatoms. The SMILES string of the molecule is CCC/C=C1\OC(=O)C2=C1CC[C@H]1[C@@H]3CC[C@@]4(C(=C3[C@H](CCCO)c3cc[nH]c3)C(=O)O/C4=C\CCC)[C@@H]21. The normalized spacial score (nSPS) is 32.6. The average molecular weight is 518 g/mol. The number of aromatic nitrogens is 1. The monoisotopic (exact) mass is 517 g/mol. The lowest BCUT2D eigenvalue weighted by molar-refractivity contribution is -0.135. The Balaban J connectivity index is 1.58. The molecule has 3 heterocycles. The summed E-state index contributed by atoms with van der Waals surface area (Å²) in [6.45, 7) is 4.37. The van der Waals surface area contributed by atoms with Crippen molar-refractivity contribution in [1.29, 1.82) is 0 Å². The van der Waals surface area contributed by atoms with Gasteiger partial charge in [-0.25, -0.2) is 9.59 Å². The quantitative estimate of drug-likeness (QED) is 0.371. The number of aliphatic hydroxyl groups excluding tert-OH is 1. The lowest BCUT2D eigenvalue weighted by Crippen LogP contribution is -2.53. The molecule has 2 bridgehead atoms. The standard InChI is InChI=1S/C32H39NO5/c1-3-5-9-24-23-12-11-22-21-13-15-32(28(22)27(23)30(35)37-24)25(10-6-4-2)38-31(36)29(32)26(21)20(8-7-17-34)19-14-16-33-18-19/h9-10,14,16,18,20-22,28,33-34H,3-8,11-13,15,17H2,1-2H3/b24-9-,25-10-/t20-,21+,22+,28-,32+/m1/s1. The third-order valence-corrected chi connectivity index (χ3v) is 9.68. The molecule has 0 aromatic carbocycles. The zero-order valence-corrected chi connectivity index (χ0v) is 22.6. The van der Waals surface area contributed by atoms with Crippen LogP contribution in [0.4, 0.5) is 0 Å². The van der Waals surface area contributed by atoms with Gasteiger partial charge in [-0.3, -0.25) is 0 Å². The third kappa shape index (κ3) is 3.63. The van der Waals surface area contributed by atoms with Gasteiger partial charge in [-0.1, -0.05) is 26.7 Å². The summed E-state index contributed by atoms with van der Waals surface area (Å²) in [6.07, 6.45) is 16.9. The molecular weight excluding hydrogens is 478 g/mol. The van der Waals surface area contributed by atoms with Gasteiger partial charge >= 0.3 is 11.9 Å². The number of H-pyrrole nitrogens is 1. The molecule has 202 valence electrons. The number of fused-ring (bicyclic) bond motifs is 1. The van der Waals surface area contributed by atoms with Crippen molar-refractivity contribution < 1.29 is 24.2 Å². The Morgan fingerprint density at radius 3 is 2.68 bits per heavy atom. The van der Waals surface area contributed by atoms with Crippen LogP contribution in [0.25, 0.3) is 0 Å². The Morgan fingerprint density at radius 1 is 1.13 bits per heavy atom. The number of cyclic esters (lactones) is 2. The number of rotatable bonds is 9. The summed E-state index contributed by atoms with van der Waals surface area (Å²) < 4.78 is 12.1. The van der Waals surface area contributed by atoms with Crippen LogP contribution >= 0.6 is 0 Å². The van der Waals surface area contributed by atoms with Gasteiger partial charge in [0.25, 0.3) is 0 Å². The lowest BCUT2D eigenvalue weighted by Gasteiger charge is -2.57. The molecule has 1 aromatic rings. The molecule has 0 unspecified atom stereocenters. The van der Waals surface area contributed by atoms with Crippen LogP contribution < -0.4 is 0 Å². The van der Waals surface area contributed by atoms with Crippen molar-refractivity contribution in [1.82, 2.24) is 4.98 Å². The van der Waals surface area contributed by atoms with E-state index in [9.17, 15) is 14.7 Å². The number of ether oxygens (including phenoxy) is 2. The van der Waals surface area contributed by atoms with E-state index >= 15 is 0 Å². The van der Waals surface area contributed by atoms with Crippen molar-refractivity contribution in [3.05, 3.63) is 70.0 Å². The molecule has 1 saturated carbocycles. The van der Waals surface area contributed by atoms with Gasteiger partial charge in [0.15, 0.2) is 0 Å². The Bertz CT molecular complexity index is 1250. The maximum atomic E-state index is 13.9. The molecule has 6 nitrogen and oxygen atoms in total. The highest BCUT2D eigenvalue weighted by atomic mass is 16.5.